The Morgan fingerprint density at radius 3 is 1.80 bits per heavy atom. The maximum absolute atomic E-state index is 13.7. The van der Waals surface area contributed by atoms with Crippen LogP contribution in [0.4, 0.5) is 0 Å². The van der Waals surface area contributed by atoms with Gasteiger partial charge < -0.3 is 10.6 Å². The van der Waals surface area contributed by atoms with E-state index < -0.39 is 11.5 Å². The molecule has 0 aromatic rings. The second kappa shape index (κ2) is 6.63. The van der Waals surface area contributed by atoms with Gasteiger partial charge in [0.05, 0.1) is 0 Å². The van der Waals surface area contributed by atoms with Crippen LogP contribution in [0, 0.1) is 0 Å². The molecule has 6 heteroatoms. The Balaban J connectivity index is 2.02. The fraction of sp³-hybridized carbons (Fsp3) is 0.789. The maximum Gasteiger partial charge on any atom is 0.272 e. The topological polar surface area (TPSA) is 84.7 Å². The molecule has 1 heterocycles. The van der Waals surface area contributed by atoms with Crippen molar-refractivity contribution in [1.82, 2.24) is 10.4 Å². The average Bonchev–Trinajstić information content (AvgIpc) is 3.07. The molecule has 140 valence electrons. The average molecular weight is 349 g/mol. The minimum absolute atomic E-state index is 0.260. The van der Waals surface area contributed by atoms with Crippen LogP contribution in [-0.2, 0) is 14.4 Å². The highest BCUT2D eigenvalue weighted by atomic mass is 16.7. The first-order valence-electron chi connectivity index (χ1n) is 9.60. The van der Waals surface area contributed by atoms with Gasteiger partial charge in [0.25, 0.3) is 17.4 Å². The molecule has 1 atom stereocenters. The van der Waals surface area contributed by atoms with Crippen molar-refractivity contribution >= 4 is 11.8 Å². The summed E-state index contributed by atoms with van der Waals surface area (Å²) in [6.45, 7) is 4.34. The maximum atomic E-state index is 13.7. The fourth-order valence-electron chi connectivity index (χ4n) is 5.05. The van der Waals surface area contributed by atoms with Crippen LogP contribution in [0.2, 0.25) is 0 Å². The van der Waals surface area contributed by atoms with E-state index in [2.05, 4.69) is 19.3 Å². The summed E-state index contributed by atoms with van der Waals surface area (Å²) >= 11 is 0. The first-order chi connectivity index (χ1) is 11.8. The van der Waals surface area contributed by atoms with Gasteiger partial charge >= 0.3 is 0 Å². The van der Waals surface area contributed by atoms with E-state index in [4.69, 9.17) is 10.6 Å². The van der Waals surface area contributed by atoms with Gasteiger partial charge in [0.15, 0.2) is 0 Å². The third kappa shape index (κ3) is 3.05. The summed E-state index contributed by atoms with van der Waals surface area (Å²) in [6.07, 6.45) is 13.6. The SMILES string of the molecule is CC1(N(C(=O)C2(C(N)=O)C=CNO2)C2(C)CCCCC2)CCCCC1. The van der Waals surface area contributed by atoms with Gasteiger partial charge in [-0.15, -0.1) is 0 Å². The zero-order valence-electron chi connectivity index (χ0n) is 15.5. The molecule has 3 rings (SSSR count). The lowest BCUT2D eigenvalue weighted by Crippen LogP contribution is -2.68. The Hall–Kier alpha value is -1.56. The number of hydroxylamine groups is 1. The second-order valence-corrected chi connectivity index (χ2v) is 8.41. The van der Waals surface area contributed by atoms with Crippen molar-refractivity contribution < 1.29 is 14.4 Å². The van der Waals surface area contributed by atoms with Crippen LogP contribution in [0.15, 0.2) is 12.3 Å². The minimum Gasteiger partial charge on any atom is -0.366 e. The molecule has 0 radical (unpaired) electrons. The summed E-state index contributed by atoms with van der Waals surface area (Å²) < 4.78 is 0. The highest BCUT2D eigenvalue weighted by Crippen LogP contribution is 2.45. The Morgan fingerprint density at radius 2 is 1.44 bits per heavy atom. The molecular formula is C19H31N3O3. The summed E-state index contributed by atoms with van der Waals surface area (Å²) in [6, 6.07) is 0. The van der Waals surface area contributed by atoms with Crippen molar-refractivity contribution in [3.05, 3.63) is 12.3 Å². The molecule has 3 N–H and O–H groups in total. The van der Waals surface area contributed by atoms with E-state index in [1.165, 1.54) is 25.1 Å². The molecule has 0 spiro atoms. The molecule has 6 nitrogen and oxygen atoms in total. The number of hydrogen-bond acceptors (Lipinski definition) is 4. The van der Waals surface area contributed by atoms with E-state index in [9.17, 15) is 9.59 Å². The predicted molar refractivity (Wildman–Crippen MR) is 95.1 cm³/mol. The highest BCUT2D eigenvalue weighted by Gasteiger charge is 2.57. The molecule has 0 saturated heterocycles. The summed E-state index contributed by atoms with van der Waals surface area (Å²) in [5.41, 5.74) is 5.89. The molecule has 2 aliphatic carbocycles. The van der Waals surface area contributed by atoms with Crippen LogP contribution >= 0.6 is 0 Å². The van der Waals surface area contributed by atoms with Gasteiger partial charge in [0, 0.05) is 17.3 Å². The Bertz CT molecular complexity index is 538. The molecule has 2 amide bonds. The van der Waals surface area contributed by atoms with E-state index in [0.29, 0.717) is 0 Å². The van der Waals surface area contributed by atoms with Crippen molar-refractivity contribution in [2.75, 3.05) is 0 Å². The van der Waals surface area contributed by atoms with E-state index in [0.717, 1.165) is 51.4 Å². The third-order valence-corrected chi connectivity index (χ3v) is 6.43. The van der Waals surface area contributed by atoms with Gasteiger partial charge in [-0.1, -0.05) is 38.5 Å². The molecule has 0 aromatic heterocycles. The molecule has 1 aliphatic heterocycles. The van der Waals surface area contributed by atoms with E-state index in [1.807, 2.05) is 4.90 Å². The van der Waals surface area contributed by atoms with E-state index >= 15 is 0 Å². The summed E-state index contributed by atoms with van der Waals surface area (Å²) in [7, 11) is 0. The zero-order chi connectivity index (χ0) is 18.1. The van der Waals surface area contributed by atoms with Gasteiger partial charge in [-0.05, 0) is 45.6 Å². The van der Waals surface area contributed by atoms with Crippen molar-refractivity contribution in [2.45, 2.75) is 94.7 Å². The summed E-state index contributed by atoms with van der Waals surface area (Å²) in [4.78, 5) is 33.3. The smallest absolute Gasteiger partial charge is 0.272 e. The molecule has 0 bridgehead atoms. The molecule has 25 heavy (non-hydrogen) atoms. The van der Waals surface area contributed by atoms with Crippen LogP contribution in [-0.4, -0.2) is 33.4 Å². The van der Waals surface area contributed by atoms with Crippen molar-refractivity contribution in [3.63, 3.8) is 0 Å². The standard InChI is InChI=1S/C19H31N3O3/c1-17(9-5-3-6-10-17)22(18(2)11-7-4-8-12-18)16(24)19(15(20)23)13-14-21-25-19/h13-14,21H,3-12H2,1-2H3,(H2,20,23). The third-order valence-electron chi connectivity index (χ3n) is 6.43. The van der Waals surface area contributed by atoms with Crippen LogP contribution in [0.3, 0.4) is 0 Å². The van der Waals surface area contributed by atoms with Gasteiger partial charge in [-0.3, -0.25) is 15.1 Å². The molecule has 3 aliphatic rings. The normalized spacial score (nSPS) is 30.5. The number of carbonyl (C=O) groups excluding carboxylic acids is 2. The minimum atomic E-state index is -1.74. The first kappa shape index (κ1) is 18.2. The highest BCUT2D eigenvalue weighted by molar-refractivity contribution is 6.10. The quantitative estimate of drug-likeness (QED) is 0.764. The summed E-state index contributed by atoms with van der Waals surface area (Å²) in [5, 5.41) is 0. The Kier molecular flexibility index (Phi) is 4.84. The molecule has 2 saturated carbocycles. The molecule has 1 unspecified atom stereocenters. The van der Waals surface area contributed by atoms with Crippen LogP contribution in [0.5, 0.6) is 0 Å². The van der Waals surface area contributed by atoms with Crippen molar-refractivity contribution in [2.24, 2.45) is 5.73 Å². The van der Waals surface area contributed by atoms with Crippen LogP contribution in [0.1, 0.15) is 78.1 Å². The number of carbonyl (C=O) groups is 2. The van der Waals surface area contributed by atoms with Crippen molar-refractivity contribution in [1.29, 1.82) is 0 Å². The van der Waals surface area contributed by atoms with Gasteiger partial charge in [0.1, 0.15) is 0 Å². The number of nitrogens with one attached hydrogen (secondary N) is 1. The van der Waals surface area contributed by atoms with Crippen LogP contribution in [0.25, 0.3) is 0 Å². The first-order valence-corrected chi connectivity index (χ1v) is 9.60. The predicted octanol–water partition coefficient (Wildman–Crippen LogP) is 2.53. The lowest BCUT2D eigenvalue weighted by Gasteiger charge is -2.56. The number of nitrogens with two attached hydrogens (primary N) is 1. The van der Waals surface area contributed by atoms with E-state index in [-0.39, 0.29) is 17.0 Å². The summed E-state index contributed by atoms with van der Waals surface area (Å²) in [5.74, 6) is -1.07. The van der Waals surface area contributed by atoms with Gasteiger partial charge in [-0.2, -0.15) is 0 Å². The zero-order valence-corrected chi connectivity index (χ0v) is 15.5. The van der Waals surface area contributed by atoms with Gasteiger partial charge in [0.2, 0.25) is 0 Å². The Morgan fingerprint density at radius 1 is 0.960 bits per heavy atom. The lowest BCUT2D eigenvalue weighted by atomic mass is 9.73. The van der Waals surface area contributed by atoms with Crippen LogP contribution < -0.4 is 11.2 Å². The monoisotopic (exact) mass is 349 g/mol. The largest absolute Gasteiger partial charge is 0.366 e. The number of rotatable bonds is 4. The molecule has 0 aromatic carbocycles. The lowest BCUT2D eigenvalue weighted by molar-refractivity contribution is -0.177. The van der Waals surface area contributed by atoms with Gasteiger partial charge in [-0.25, -0.2) is 4.84 Å². The van der Waals surface area contributed by atoms with E-state index in [1.54, 1.807) is 0 Å². The number of amides is 2. The second-order valence-electron chi connectivity index (χ2n) is 8.41. The number of nitrogens with zero attached hydrogens (tertiary/aromatic N) is 1. The Labute approximate surface area is 150 Å². The number of hydrogen-bond donors (Lipinski definition) is 2. The molecular weight excluding hydrogens is 318 g/mol. The fourth-order valence-corrected chi connectivity index (χ4v) is 5.05. The van der Waals surface area contributed by atoms with Crippen molar-refractivity contribution in [3.8, 4) is 0 Å². The number of primary amides is 1. The molecule has 2 fully saturated rings.